The number of nitrogen functional groups attached to an aromatic ring is 1. The molecule has 0 aliphatic carbocycles. The van der Waals surface area contributed by atoms with Gasteiger partial charge in [0.1, 0.15) is 0 Å². The zero-order chi connectivity index (χ0) is 21.5. The van der Waals surface area contributed by atoms with Crippen LogP contribution < -0.4 is 10.6 Å². The Morgan fingerprint density at radius 2 is 1.94 bits per heavy atom. The van der Waals surface area contributed by atoms with Crippen LogP contribution in [0.5, 0.6) is 0 Å². The minimum absolute atomic E-state index is 0.157. The molecule has 5 heterocycles. The van der Waals surface area contributed by atoms with Crippen LogP contribution in [-0.2, 0) is 22.6 Å². The average molecular weight is 442 g/mol. The molecule has 0 bridgehead atoms. The summed E-state index contributed by atoms with van der Waals surface area (Å²) in [5, 5.41) is 0. The number of nitrogens with two attached hydrogens (primary N) is 1. The highest BCUT2D eigenvalue weighted by Gasteiger charge is 2.32. The Balaban J connectivity index is 1.58. The summed E-state index contributed by atoms with van der Waals surface area (Å²) in [5.41, 5.74) is 8.25. The molecule has 0 aromatic carbocycles. The average Bonchev–Trinajstić information content (AvgIpc) is 3.32. The fraction of sp³-hybridized carbons (Fsp3) is 0.450. The molecule has 2 aliphatic heterocycles. The molecule has 2 aliphatic rings. The molecule has 11 heteroatoms. The van der Waals surface area contributed by atoms with E-state index in [1.807, 2.05) is 13.8 Å². The Bertz CT molecular complexity index is 1130. The number of aromatic nitrogens is 4. The van der Waals surface area contributed by atoms with E-state index in [9.17, 15) is 4.79 Å². The summed E-state index contributed by atoms with van der Waals surface area (Å²) in [5.74, 6) is 1.63. The van der Waals surface area contributed by atoms with Crippen molar-refractivity contribution in [2.45, 2.75) is 33.0 Å². The molecule has 2 N–H and O–H groups in total. The Kier molecular flexibility index (Phi) is 5.06. The number of thiophene rings is 1. The smallest absolute Gasteiger partial charge is 0.410 e. The van der Waals surface area contributed by atoms with Gasteiger partial charge in [-0.05, 0) is 13.8 Å². The molecule has 0 atom stereocenters. The molecule has 1 fully saturated rings. The summed E-state index contributed by atoms with van der Waals surface area (Å²) >= 11 is 1.64. The van der Waals surface area contributed by atoms with Crippen LogP contribution in [0.1, 0.15) is 24.3 Å². The van der Waals surface area contributed by atoms with Crippen LogP contribution in [-0.4, -0.2) is 63.3 Å². The third kappa shape index (κ3) is 3.74. The second-order valence-electron chi connectivity index (χ2n) is 7.77. The fourth-order valence-electron chi connectivity index (χ4n) is 3.74. The van der Waals surface area contributed by atoms with E-state index >= 15 is 0 Å². The molecule has 5 rings (SSSR count). The van der Waals surface area contributed by atoms with Crippen molar-refractivity contribution in [1.82, 2.24) is 24.8 Å². The maximum Gasteiger partial charge on any atom is 0.410 e. The lowest BCUT2D eigenvalue weighted by Gasteiger charge is -2.28. The lowest BCUT2D eigenvalue weighted by Crippen LogP contribution is -2.37. The predicted molar refractivity (Wildman–Crippen MR) is 117 cm³/mol. The first-order valence-electron chi connectivity index (χ1n) is 10.2. The summed E-state index contributed by atoms with van der Waals surface area (Å²) in [4.78, 5) is 35.4. The van der Waals surface area contributed by atoms with Crippen molar-refractivity contribution in [1.29, 1.82) is 0 Å². The normalized spacial score (nSPS) is 16.2. The topological polar surface area (TPSA) is 120 Å². The van der Waals surface area contributed by atoms with Crippen LogP contribution in [0, 0.1) is 0 Å². The molecule has 1 saturated heterocycles. The molecule has 162 valence electrons. The van der Waals surface area contributed by atoms with E-state index in [2.05, 4.69) is 14.9 Å². The van der Waals surface area contributed by atoms with E-state index in [0.29, 0.717) is 37.7 Å². The molecule has 10 nitrogen and oxygen atoms in total. The maximum absolute atomic E-state index is 12.4. The Labute approximate surface area is 183 Å². The maximum atomic E-state index is 12.4. The Hall–Kier alpha value is -3.05. The Morgan fingerprint density at radius 1 is 1.19 bits per heavy atom. The van der Waals surface area contributed by atoms with Crippen LogP contribution in [0.25, 0.3) is 21.6 Å². The van der Waals surface area contributed by atoms with Gasteiger partial charge in [-0.1, -0.05) is 0 Å². The van der Waals surface area contributed by atoms with E-state index < -0.39 is 0 Å². The molecule has 0 unspecified atom stereocenters. The highest BCUT2D eigenvalue weighted by molar-refractivity contribution is 7.19. The molecule has 31 heavy (non-hydrogen) atoms. The van der Waals surface area contributed by atoms with Crippen LogP contribution in [0.3, 0.4) is 0 Å². The van der Waals surface area contributed by atoms with Crippen molar-refractivity contribution < 1.29 is 14.3 Å². The van der Waals surface area contributed by atoms with Gasteiger partial charge < -0.3 is 20.1 Å². The third-order valence-corrected chi connectivity index (χ3v) is 6.42. The van der Waals surface area contributed by atoms with Gasteiger partial charge in [0.25, 0.3) is 0 Å². The van der Waals surface area contributed by atoms with Crippen molar-refractivity contribution in [2.24, 2.45) is 0 Å². The van der Waals surface area contributed by atoms with Gasteiger partial charge in [-0.25, -0.2) is 24.7 Å². The molecular weight excluding hydrogens is 418 g/mol. The van der Waals surface area contributed by atoms with Gasteiger partial charge in [0.05, 0.1) is 48.2 Å². The third-order valence-electron chi connectivity index (χ3n) is 5.21. The molecule has 0 saturated carbocycles. The number of ether oxygens (including phenoxy) is 2. The van der Waals surface area contributed by atoms with Crippen LogP contribution in [0.2, 0.25) is 0 Å². The van der Waals surface area contributed by atoms with Gasteiger partial charge in [-0.2, -0.15) is 0 Å². The number of carbonyl (C=O) groups is 1. The minimum atomic E-state index is -0.304. The van der Waals surface area contributed by atoms with E-state index in [4.69, 9.17) is 25.2 Å². The summed E-state index contributed by atoms with van der Waals surface area (Å²) < 4.78 is 11.9. The second-order valence-corrected chi connectivity index (χ2v) is 8.88. The van der Waals surface area contributed by atoms with Gasteiger partial charge in [-0.3, -0.25) is 4.90 Å². The lowest BCUT2D eigenvalue weighted by molar-refractivity contribution is 0.0762. The lowest BCUT2D eigenvalue weighted by atomic mass is 10.2. The molecule has 0 radical (unpaired) electrons. The number of morpholine rings is 1. The van der Waals surface area contributed by atoms with Crippen LogP contribution in [0.15, 0.2) is 12.4 Å². The van der Waals surface area contributed by atoms with E-state index in [-0.39, 0.29) is 18.1 Å². The second kappa shape index (κ2) is 7.89. The number of anilines is 2. The van der Waals surface area contributed by atoms with Gasteiger partial charge >= 0.3 is 6.09 Å². The van der Waals surface area contributed by atoms with Gasteiger partial charge in [0, 0.05) is 35.9 Å². The van der Waals surface area contributed by atoms with Crippen LogP contribution in [0.4, 0.5) is 16.6 Å². The first-order chi connectivity index (χ1) is 15.0. The fourth-order valence-corrected chi connectivity index (χ4v) is 5.02. The molecule has 3 aromatic rings. The summed E-state index contributed by atoms with van der Waals surface area (Å²) in [6.45, 7) is 7.53. The quantitative estimate of drug-likeness (QED) is 0.653. The number of amides is 1. The van der Waals surface area contributed by atoms with Crippen LogP contribution >= 0.6 is 11.3 Å². The first kappa shape index (κ1) is 19.9. The predicted octanol–water partition coefficient (Wildman–Crippen LogP) is 2.43. The number of rotatable bonds is 3. The zero-order valence-corrected chi connectivity index (χ0v) is 18.2. The molecule has 3 aromatic heterocycles. The summed E-state index contributed by atoms with van der Waals surface area (Å²) in [7, 11) is 0. The summed E-state index contributed by atoms with van der Waals surface area (Å²) in [6.07, 6.45) is 2.80. The zero-order valence-electron chi connectivity index (χ0n) is 17.4. The number of nitrogens with zero attached hydrogens (tertiary/aromatic N) is 6. The highest BCUT2D eigenvalue weighted by atomic mass is 32.1. The van der Waals surface area contributed by atoms with E-state index in [1.54, 1.807) is 28.6 Å². The van der Waals surface area contributed by atoms with E-state index in [1.165, 1.54) is 0 Å². The number of hydrogen-bond acceptors (Lipinski definition) is 10. The highest BCUT2D eigenvalue weighted by Crippen LogP contribution is 2.41. The molecular formula is C20H23N7O3S. The largest absolute Gasteiger partial charge is 0.447 e. The van der Waals surface area contributed by atoms with Gasteiger partial charge in [-0.15, -0.1) is 11.3 Å². The van der Waals surface area contributed by atoms with Crippen molar-refractivity contribution >= 4 is 39.4 Å². The number of carbonyl (C=O) groups excluding carboxylic acids is 1. The van der Waals surface area contributed by atoms with E-state index in [0.717, 1.165) is 39.6 Å². The van der Waals surface area contributed by atoms with Crippen molar-refractivity contribution in [3.05, 3.63) is 22.8 Å². The SMILES string of the molecule is CC(C)OC(=O)N1Cc2sc3c(N4CCOCC4)nc(-c4cnc(N)nc4)nc3c2C1. The van der Waals surface area contributed by atoms with Gasteiger partial charge in [0.15, 0.2) is 11.6 Å². The van der Waals surface area contributed by atoms with Crippen molar-refractivity contribution in [2.75, 3.05) is 36.9 Å². The van der Waals surface area contributed by atoms with Crippen molar-refractivity contribution in [3.8, 4) is 11.4 Å². The standard InChI is InChI=1S/C20H23N7O3S/c1-11(2)30-20(28)27-9-13-14(10-27)31-16-15(13)24-17(12-7-22-19(21)23-8-12)25-18(16)26-3-5-29-6-4-26/h7-8,11H,3-6,9-10H2,1-2H3,(H2,21,22,23). The first-order valence-corrected chi connectivity index (χ1v) is 11.0. The molecule has 1 amide bonds. The number of hydrogen-bond donors (Lipinski definition) is 1. The summed E-state index contributed by atoms with van der Waals surface area (Å²) in [6, 6.07) is 0. The number of fused-ring (bicyclic) bond motifs is 3. The monoisotopic (exact) mass is 441 g/mol. The molecule has 0 spiro atoms. The van der Waals surface area contributed by atoms with Gasteiger partial charge in [0.2, 0.25) is 5.95 Å². The Morgan fingerprint density at radius 3 is 2.65 bits per heavy atom. The minimum Gasteiger partial charge on any atom is -0.447 e. The van der Waals surface area contributed by atoms with Crippen molar-refractivity contribution in [3.63, 3.8) is 0 Å².